The Kier molecular flexibility index (Phi) is 2.05. The molecule has 10 heavy (non-hydrogen) atoms. The summed E-state index contributed by atoms with van der Waals surface area (Å²) in [4.78, 5) is 10.6. The second-order valence-corrected chi connectivity index (χ2v) is 2.06. The first-order valence-electron chi connectivity index (χ1n) is 2.88. The number of hydrogen-bond donors (Lipinski definition) is 3. The molecule has 2 amide bonds. The number of epoxide rings is 1. The quantitative estimate of drug-likeness (QED) is 0.184. The van der Waals surface area contributed by atoms with E-state index >= 15 is 0 Å². The highest BCUT2D eigenvalue weighted by molar-refractivity contribution is 5.72. The minimum absolute atomic E-state index is 0.0994. The molecule has 0 saturated carbocycles. The van der Waals surface area contributed by atoms with E-state index in [0.29, 0.717) is 13.2 Å². The number of nitrogens with two attached hydrogens (primary N) is 2. The second-order valence-electron chi connectivity index (χ2n) is 2.06. The average Bonchev–Trinajstić information content (AvgIpc) is 2.70. The SMILES string of the molecule is NNC(=O)N(N)CC1CO1. The van der Waals surface area contributed by atoms with Gasteiger partial charge in [-0.1, -0.05) is 0 Å². The maximum atomic E-state index is 10.6. The van der Waals surface area contributed by atoms with Crippen LogP contribution < -0.4 is 17.1 Å². The predicted molar refractivity (Wildman–Crippen MR) is 33.4 cm³/mol. The molecule has 6 nitrogen and oxygen atoms in total. The highest BCUT2D eigenvalue weighted by atomic mass is 16.6. The van der Waals surface area contributed by atoms with Gasteiger partial charge < -0.3 is 4.74 Å². The zero-order valence-electron chi connectivity index (χ0n) is 5.41. The summed E-state index contributed by atoms with van der Waals surface area (Å²) in [6, 6.07) is -0.504. The van der Waals surface area contributed by atoms with Crippen LogP contribution in [0, 0.1) is 0 Å². The van der Waals surface area contributed by atoms with Crippen LogP contribution in [-0.4, -0.2) is 30.3 Å². The monoisotopic (exact) mass is 146 g/mol. The molecule has 0 aliphatic carbocycles. The van der Waals surface area contributed by atoms with Crippen molar-refractivity contribution in [2.75, 3.05) is 13.2 Å². The van der Waals surface area contributed by atoms with Crippen molar-refractivity contribution < 1.29 is 9.53 Å². The highest BCUT2D eigenvalue weighted by Gasteiger charge is 2.26. The van der Waals surface area contributed by atoms with Gasteiger partial charge in [-0.15, -0.1) is 0 Å². The van der Waals surface area contributed by atoms with Crippen LogP contribution in [-0.2, 0) is 4.74 Å². The summed E-state index contributed by atoms with van der Waals surface area (Å²) in [5, 5.41) is 0.984. The Morgan fingerprint density at radius 2 is 2.50 bits per heavy atom. The molecule has 0 bridgehead atoms. The standard InChI is InChI=1S/C4H10N4O2/c5-7-4(9)8(6)1-3-2-10-3/h3H,1-2,5-6H2,(H,7,9). The summed E-state index contributed by atoms with van der Waals surface area (Å²) in [5.41, 5.74) is 1.90. The summed E-state index contributed by atoms with van der Waals surface area (Å²) in [6.07, 6.45) is 0.0994. The van der Waals surface area contributed by atoms with Gasteiger partial charge in [-0.2, -0.15) is 0 Å². The second kappa shape index (κ2) is 2.82. The van der Waals surface area contributed by atoms with E-state index in [2.05, 4.69) is 0 Å². The summed E-state index contributed by atoms with van der Waals surface area (Å²) in [7, 11) is 0. The zero-order valence-corrected chi connectivity index (χ0v) is 5.41. The number of carbonyl (C=O) groups is 1. The van der Waals surface area contributed by atoms with Gasteiger partial charge in [0.05, 0.1) is 13.2 Å². The van der Waals surface area contributed by atoms with Gasteiger partial charge in [0.1, 0.15) is 6.10 Å². The van der Waals surface area contributed by atoms with Crippen molar-refractivity contribution in [3.63, 3.8) is 0 Å². The maximum Gasteiger partial charge on any atom is 0.345 e. The van der Waals surface area contributed by atoms with E-state index in [1.807, 2.05) is 5.43 Å². The molecule has 0 aromatic rings. The molecular weight excluding hydrogens is 136 g/mol. The molecule has 1 atom stereocenters. The Hall–Kier alpha value is -0.850. The van der Waals surface area contributed by atoms with E-state index in [4.69, 9.17) is 16.4 Å². The Balaban J connectivity index is 2.18. The third kappa shape index (κ3) is 1.83. The van der Waals surface area contributed by atoms with E-state index in [1.54, 1.807) is 0 Å². The number of nitrogens with zero attached hydrogens (tertiary/aromatic N) is 1. The fraction of sp³-hybridized carbons (Fsp3) is 0.750. The number of nitrogens with one attached hydrogen (secondary N) is 1. The van der Waals surface area contributed by atoms with Gasteiger partial charge in [-0.3, -0.25) is 10.4 Å². The molecule has 0 spiro atoms. The zero-order chi connectivity index (χ0) is 7.56. The Morgan fingerprint density at radius 3 is 2.90 bits per heavy atom. The summed E-state index contributed by atoms with van der Waals surface area (Å²) >= 11 is 0. The minimum atomic E-state index is -0.504. The Labute approximate surface area is 58.0 Å². The molecule has 1 aliphatic heterocycles. The van der Waals surface area contributed by atoms with E-state index in [0.717, 1.165) is 5.01 Å². The molecule has 58 valence electrons. The van der Waals surface area contributed by atoms with Gasteiger partial charge in [-0.25, -0.2) is 16.5 Å². The van der Waals surface area contributed by atoms with E-state index in [9.17, 15) is 4.79 Å². The van der Waals surface area contributed by atoms with Gasteiger partial charge in [0.2, 0.25) is 0 Å². The first-order chi connectivity index (χ1) is 4.74. The average molecular weight is 146 g/mol. The molecular formula is C4H10N4O2. The van der Waals surface area contributed by atoms with Gasteiger partial charge in [-0.05, 0) is 0 Å². The fourth-order valence-corrected chi connectivity index (χ4v) is 0.559. The number of hydrazine groups is 2. The van der Waals surface area contributed by atoms with Crippen molar-refractivity contribution in [2.24, 2.45) is 11.7 Å². The lowest BCUT2D eigenvalue weighted by atomic mass is 10.5. The first kappa shape index (κ1) is 7.26. The third-order valence-electron chi connectivity index (χ3n) is 1.19. The van der Waals surface area contributed by atoms with Crippen LogP contribution in [0.4, 0.5) is 4.79 Å². The molecule has 0 radical (unpaired) electrons. The molecule has 1 aliphatic rings. The molecule has 0 aromatic heterocycles. The van der Waals surface area contributed by atoms with Crippen LogP contribution in [0.2, 0.25) is 0 Å². The fourth-order valence-electron chi connectivity index (χ4n) is 0.559. The van der Waals surface area contributed by atoms with Gasteiger partial charge in [0.25, 0.3) is 0 Å². The van der Waals surface area contributed by atoms with E-state index < -0.39 is 6.03 Å². The number of amides is 2. The number of rotatable bonds is 2. The van der Waals surface area contributed by atoms with Crippen LogP contribution in [0.1, 0.15) is 0 Å². The first-order valence-corrected chi connectivity index (χ1v) is 2.88. The van der Waals surface area contributed by atoms with Gasteiger partial charge in [0, 0.05) is 0 Å². The van der Waals surface area contributed by atoms with Crippen LogP contribution in [0.3, 0.4) is 0 Å². The largest absolute Gasteiger partial charge is 0.371 e. The molecule has 0 aromatic carbocycles. The van der Waals surface area contributed by atoms with Crippen molar-refractivity contribution in [3.05, 3.63) is 0 Å². The van der Waals surface area contributed by atoms with Crippen molar-refractivity contribution in [2.45, 2.75) is 6.10 Å². The topological polar surface area (TPSA) is 96.9 Å². The van der Waals surface area contributed by atoms with Crippen LogP contribution >= 0.6 is 0 Å². The van der Waals surface area contributed by atoms with Crippen molar-refractivity contribution in [1.29, 1.82) is 0 Å². The molecule has 1 saturated heterocycles. The number of urea groups is 1. The van der Waals surface area contributed by atoms with Crippen LogP contribution in [0.5, 0.6) is 0 Å². The summed E-state index contributed by atoms with van der Waals surface area (Å²) < 4.78 is 4.83. The molecule has 1 rings (SSSR count). The lowest BCUT2D eigenvalue weighted by Crippen LogP contribution is -2.48. The van der Waals surface area contributed by atoms with Crippen LogP contribution in [0.25, 0.3) is 0 Å². The van der Waals surface area contributed by atoms with E-state index in [1.165, 1.54) is 0 Å². The molecule has 1 fully saturated rings. The molecule has 6 heteroatoms. The predicted octanol–water partition coefficient (Wildman–Crippen LogP) is -1.86. The highest BCUT2D eigenvalue weighted by Crippen LogP contribution is 2.08. The lowest BCUT2D eigenvalue weighted by molar-refractivity contribution is 0.193. The van der Waals surface area contributed by atoms with Gasteiger partial charge >= 0.3 is 6.03 Å². The maximum absolute atomic E-state index is 10.6. The Bertz CT molecular complexity index is 135. The van der Waals surface area contributed by atoms with Crippen molar-refractivity contribution in [1.82, 2.24) is 10.4 Å². The van der Waals surface area contributed by atoms with Crippen molar-refractivity contribution in [3.8, 4) is 0 Å². The number of carbonyl (C=O) groups excluding carboxylic acids is 1. The van der Waals surface area contributed by atoms with E-state index in [-0.39, 0.29) is 6.10 Å². The smallest absolute Gasteiger partial charge is 0.345 e. The molecule has 1 heterocycles. The number of ether oxygens (including phenoxy) is 1. The summed E-state index contributed by atoms with van der Waals surface area (Å²) in [6.45, 7) is 1.06. The number of hydrogen-bond acceptors (Lipinski definition) is 4. The van der Waals surface area contributed by atoms with Crippen molar-refractivity contribution >= 4 is 6.03 Å². The normalized spacial score (nSPS) is 22.0. The summed E-state index contributed by atoms with van der Waals surface area (Å²) in [5.74, 6) is 10.0. The lowest BCUT2D eigenvalue weighted by Gasteiger charge is -2.13. The Morgan fingerprint density at radius 1 is 1.90 bits per heavy atom. The molecule has 5 N–H and O–H groups in total. The van der Waals surface area contributed by atoms with Crippen LogP contribution in [0.15, 0.2) is 0 Å². The minimum Gasteiger partial charge on any atom is -0.371 e. The molecule has 1 unspecified atom stereocenters. The van der Waals surface area contributed by atoms with Gasteiger partial charge in [0.15, 0.2) is 0 Å². The third-order valence-corrected chi connectivity index (χ3v) is 1.19.